The van der Waals surface area contributed by atoms with Gasteiger partial charge in [-0.2, -0.15) is 0 Å². The van der Waals surface area contributed by atoms with E-state index in [-0.39, 0.29) is 5.97 Å². The normalized spacial score (nSPS) is 11.5. The van der Waals surface area contributed by atoms with Gasteiger partial charge in [-0.3, -0.25) is 0 Å². The summed E-state index contributed by atoms with van der Waals surface area (Å²) in [5, 5.41) is 0. The molecule has 0 aromatic carbocycles. The number of carbonyl (C=O) groups excluding carboxylic acids is 1. The van der Waals surface area contributed by atoms with Gasteiger partial charge in [0.05, 0.1) is 12.9 Å². The van der Waals surface area contributed by atoms with Crippen molar-refractivity contribution in [2.24, 2.45) is 0 Å². The number of hydrogen-bond donors (Lipinski definition) is 0. The summed E-state index contributed by atoms with van der Waals surface area (Å²) in [6.45, 7) is 5.80. The van der Waals surface area contributed by atoms with Crippen LogP contribution in [0.4, 0.5) is 0 Å². The minimum absolute atomic E-state index is 0.302. The molecular weight excluding hydrogens is 180 g/mol. The topological polar surface area (TPSA) is 39.4 Å². The fourth-order valence-electron chi connectivity index (χ4n) is 1.03. The van der Waals surface area contributed by atoms with Gasteiger partial charge in [0.2, 0.25) is 0 Å². The molecule has 0 radical (unpaired) electrons. The number of aryl methyl sites for hydroxylation is 1. The van der Waals surface area contributed by atoms with Crippen LogP contribution >= 0.6 is 0 Å². The van der Waals surface area contributed by atoms with Crippen LogP contribution in [-0.4, -0.2) is 12.6 Å². The number of furan rings is 1. The van der Waals surface area contributed by atoms with E-state index >= 15 is 0 Å². The standard InChI is InChI=1S/C11H14O3/c1-4-13-11(12)9(3)7-10-8(2)5-6-14-10/h5-7H,4H2,1-3H3/b9-7+. The lowest BCUT2D eigenvalue weighted by molar-refractivity contribution is -0.138. The van der Waals surface area contributed by atoms with E-state index in [1.807, 2.05) is 13.0 Å². The highest BCUT2D eigenvalue weighted by atomic mass is 16.5. The highest BCUT2D eigenvalue weighted by Crippen LogP contribution is 2.13. The van der Waals surface area contributed by atoms with E-state index in [2.05, 4.69) is 0 Å². The molecule has 0 saturated carbocycles. The number of carbonyl (C=O) groups is 1. The van der Waals surface area contributed by atoms with Gasteiger partial charge in [-0.15, -0.1) is 0 Å². The van der Waals surface area contributed by atoms with Crippen molar-refractivity contribution in [3.8, 4) is 0 Å². The van der Waals surface area contributed by atoms with E-state index in [1.165, 1.54) is 0 Å². The molecule has 3 heteroatoms. The molecule has 0 atom stereocenters. The Morgan fingerprint density at radius 2 is 2.36 bits per heavy atom. The Bertz CT molecular complexity index is 347. The molecule has 0 aliphatic carbocycles. The fourth-order valence-corrected chi connectivity index (χ4v) is 1.03. The van der Waals surface area contributed by atoms with Gasteiger partial charge in [-0.25, -0.2) is 4.79 Å². The summed E-state index contributed by atoms with van der Waals surface area (Å²) in [6.07, 6.45) is 3.28. The fraction of sp³-hybridized carbons (Fsp3) is 0.364. The average molecular weight is 194 g/mol. The number of rotatable bonds is 3. The van der Waals surface area contributed by atoms with Crippen LogP contribution in [0, 0.1) is 6.92 Å². The van der Waals surface area contributed by atoms with Crippen molar-refractivity contribution in [1.82, 2.24) is 0 Å². The molecule has 0 saturated heterocycles. The third kappa shape index (κ3) is 2.49. The molecule has 3 nitrogen and oxygen atoms in total. The lowest BCUT2D eigenvalue weighted by Gasteiger charge is -2.00. The Hall–Kier alpha value is -1.51. The van der Waals surface area contributed by atoms with Crippen molar-refractivity contribution in [2.45, 2.75) is 20.8 Å². The Kier molecular flexibility index (Phi) is 3.51. The third-order valence-corrected chi connectivity index (χ3v) is 1.85. The maximum Gasteiger partial charge on any atom is 0.333 e. The lowest BCUT2D eigenvalue weighted by atomic mass is 10.2. The first-order valence-corrected chi connectivity index (χ1v) is 4.54. The zero-order valence-corrected chi connectivity index (χ0v) is 8.66. The van der Waals surface area contributed by atoms with E-state index in [4.69, 9.17) is 9.15 Å². The quantitative estimate of drug-likeness (QED) is 0.548. The molecule has 1 heterocycles. The summed E-state index contributed by atoms with van der Waals surface area (Å²) in [5.41, 5.74) is 1.55. The smallest absolute Gasteiger partial charge is 0.333 e. The highest BCUT2D eigenvalue weighted by Gasteiger charge is 2.06. The Labute approximate surface area is 83.4 Å². The summed E-state index contributed by atoms with van der Waals surface area (Å²) >= 11 is 0. The van der Waals surface area contributed by atoms with E-state index in [9.17, 15) is 4.79 Å². The van der Waals surface area contributed by atoms with Gasteiger partial charge in [-0.05, 0) is 38.5 Å². The van der Waals surface area contributed by atoms with Gasteiger partial charge in [0.15, 0.2) is 0 Å². The summed E-state index contributed by atoms with van der Waals surface area (Å²) < 4.78 is 10.0. The van der Waals surface area contributed by atoms with E-state index in [1.54, 1.807) is 26.2 Å². The second-order valence-electron chi connectivity index (χ2n) is 3.02. The Morgan fingerprint density at radius 1 is 1.64 bits per heavy atom. The number of hydrogen-bond acceptors (Lipinski definition) is 3. The van der Waals surface area contributed by atoms with E-state index in [0.717, 1.165) is 5.56 Å². The SMILES string of the molecule is CCOC(=O)/C(C)=C/c1occc1C. The second kappa shape index (κ2) is 4.65. The molecule has 76 valence electrons. The molecule has 1 aromatic heterocycles. The van der Waals surface area contributed by atoms with Crippen LogP contribution in [-0.2, 0) is 9.53 Å². The van der Waals surface area contributed by atoms with Crippen LogP contribution in [0.2, 0.25) is 0 Å². The van der Waals surface area contributed by atoms with Crippen LogP contribution in [0.1, 0.15) is 25.2 Å². The molecule has 0 spiro atoms. The minimum atomic E-state index is -0.302. The van der Waals surface area contributed by atoms with Gasteiger partial charge in [0.1, 0.15) is 5.76 Å². The van der Waals surface area contributed by atoms with Crippen LogP contribution in [0.3, 0.4) is 0 Å². The van der Waals surface area contributed by atoms with Gasteiger partial charge in [-0.1, -0.05) is 0 Å². The Morgan fingerprint density at radius 3 is 2.86 bits per heavy atom. The first-order chi connectivity index (χ1) is 6.65. The first kappa shape index (κ1) is 10.6. The molecule has 0 amide bonds. The summed E-state index contributed by atoms with van der Waals surface area (Å²) in [7, 11) is 0. The average Bonchev–Trinajstić information content (AvgIpc) is 2.52. The molecule has 1 rings (SSSR count). The molecular formula is C11H14O3. The molecule has 0 N–H and O–H groups in total. The molecule has 0 unspecified atom stereocenters. The zero-order valence-electron chi connectivity index (χ0n) is 8.66. The van der Waals surface area contributed by atoms with Crippen LogP contribution in [0.5, 0.6) is 0 Å². The van der Waals surface area contributed by atoms with E-state index in [0.29, 0.717) is 17.9 Å². The monoisotopic (exact) mass is 194 g/mol. The molecule has 0 aliphatic heterocycles. The lowest BCUT2D eigenvalue weighted by Crippen LogP contribution is -2.04. The van der Waals surface area contributed by atoms with Crippen LogP contribution in [0.15, 0.2) is 22.3 Å². The molecule has 14 heavy (non-hydrogen) atoms. The molecule has 0 fully saturated rings. The van der Waals surface area contributed by atoms with Gasteiger partial charge >= 0.3 is 5.97 Å². The highest BCUT2D eigenvalue weighted by molar-refractivity contribution is 5.92. The summed E-state index contributed by atoms with van der Waals surface area (Å²) in [6, 6.07) is 1.85. The van der Waals surface area contributed by atoms with Crippen molar-refractivity contribution >= 4 is 12.0 Å². The predicted octanol–water partition coefficient (Wildman–Crippen LogP) is 2.55. The van der Waals surface area contributed by atoms with Crippen LogP contribution < -0.4 is 0 Å². The van der Waals surface area contributed by atoms with Gasteiger partial charge in [0, 0.05) is 5.57 Å². The van der Waals surface area contributed by atoms with Crippen molar-refractivity contribution in [3.05, 3.63) is 29.2 Å². The molecule has 0 aliphatic rings. The van der Waals surface area contributed by atoms with Gasteiger partial charge < -0.3 is 9.15 Å². The molecule has 0 bridgehead atoms. The second-order valence-corrected chi connectivity index (χ2v) is 3.02. The summed E-state index contributed by atoms with van der Waals surface area (Å²) in [4.78, 5) is 11.2. The van der Waals surface area contributed by atoms with Crippen molar-refractivity contribution < 1.29 is 13.9 Å². The van der Waals surface area contributed by atoms with Crippen LogP contribution in [0.25, 0.3) is 6.08 Å². The number of esters is 1. The number of ether oxygens (including phenoxy) is 1. The van der Waals surface area contributed by atoms with Crippen molar-refractivity contribution in [2.75, 3.05) is 6.61 Å². The van der Waals surface area contributed by atoms with Gasteiger partial charge in [0.25, 0.3) is 0 Å². The molecule has 1 aromatic rings. The summed E-state index contributed by atoms with van der Waals surface area (Å²) in [5.74, 6) is 0.402. The third-order valence-electron chi connectivity index (χ3n) is 1.85. The zero-order chi connectivity index (χ0) is 10.6. The first-order valence-electron chi connectivity index (χ1n) is 4.54. The largest absolute Gasteiger partial charge is 0.465 e. The van der Waals surface area contributed by atoms with Crippen molar-refractivity contribution in [3.63, 3.8) is 0 Å². The maximum absolute atomic E-state index is 11.2. The Balaban J connectivity index is 2.78. The maximum atomic E-state index is 11.2. The predicted molar refractivity (Wildman–Crippen MR) is 53.7 cm³/mol. The minimum Gasteiger partial charge on any atom is -0.465 e. The van der Waals surface area contributed by atoms with E-state index < -0.39 is 0 Å². The van der Waals surface area contributed by atoms with Crippen molar-refractivity contribution in [1.29, 1.82) is 0 Å².